The summed E-state index contributed by atoms with van der Waals surface area (Å²) in [6.45, 7) is -0.566. The highest BCUT2D eigenvalue weighted by atomic mass is 35.5. The quantitative estimate of drug-likeness (QED) is 0.471. The van der Waals surface area contributed by atoms with Crippen LogP contribution in [0.4, 0.5) is 0 Å². The van der Waals surface area contributed by atoms with Crippen LogP contribution in [0.25, 0.3) is 0 Å². The largest absolute Gasteiger partial charge is 0.497 e. The Hall–Kier alpha value is -3.46. The number of carboxylic acids is 1. The number of ether oxygens (including phenoxy) is 4. The third-order valence-corrected chi connectivity index (χ3v) is 3.91. The van der Waals surface area contributed by atoms with Crippen molar-refractivity contribution in [3.8, 4) is 23.0 Å². The van der Waals surface area contributed by atoms with Gasteiger partial charge in [0.1, 0.15) is 11.5 Å². The van der Waals surface area contributed by atoms with Crippen molar-refractivity contribution in [3.63, 3.8) is 0 Å². The van der Waals surface area contributed by atoms with E-state index in [0.717, 1.165) is 0 Å². The average molecular weight is 423 g/mol. The van der Waals surface area contributed by atoms with Crippen molar-refractivity contribution in [2.24, 2.45) is 5.10 Å². The zero-order chi connectivity index (χ0) is 21.4. The molecule has 0 bridgehead atoms. The number of benzene rings is 2. The Bertz CT molecular complexity index is 931. The fourth-order valence-electron chi connectivity index (χ4n) is 2.30. The van der Waals surface area contributed by atoms with Crippen LogP contribution in [0.2, 0.25) is 5.02 Å². The lowest BCUT2D eigenvalue weighted by atomic mass is 10.2. The second-order valence-corrected chi connectivity index (χ2v) is 5.89. The number of rotatable bonds is 9. The molecule has 0 spiro atoms. The van der Waals surface area contributed by atoms with E-state index >= 15 is 0 Å². The van der Waals surface area contributed by atoms with Gasteiger partial charge < -0.3 is 24.1 Å². The van der Waals surface area contributed by atoms with Gasteiger partial charge in [-0.1, -0.05) is 11.6 Å². The monoisotopic (exact) mass is 422 g/mol. The summed E-state index contributed by atoms with van der Waals surface area (Å²) >= 11 is 6.13. The van der Waals surface area contributed by atoms with Crippen LogP contribution in [0.3, 0.4) is 0 Å². The molecule has 0 atom stereocenters. The number of carbonyl (C=O) groups excluding carboxylic acids is 1. The van der Waals surface area contributed by atoms with E-state index in [4.69, 9.17) is 35.7 Å². The summed E-state index contributed by atoms with van der Waals surface area (Å²) in [4.78, 5) is 23.0. The normalized spacial score (nSPS) is 10.5. The molecule has 2 N–H and O–H groups in total. The summed E-state index contributed by atoms with van der Waals surface area (Å²) in [6.07, 6.45) is 1.35. The number of carbonyl (C=O) groups is 2. The molecule has 2 aromatic carbocycles. The van der Waals surface area contributed by atoms with Gasteiger partial charge in [0, 0.05) is 6.07 Å². The number of carboxylic acid groups (broad SMARTS) is 1. The molecule has 9 nitrogen and oxygen atoms in total. The summed E-state index contributed by atoms with van der Waals surface area (Å²) in [5.74, 6) is -0.426. The zero-order valence-corrected chi connectivity index (χ0v) is 16.6. The molecular formula is C19H19ClN2O7. The van der Waals surface area contributed by atoms with Crippen LogP contribution >= 0.6 is 11.6 Å². The highest BCUT2D eigenvalue weighted by molar-refractivity contribution is 6.32. The summed E-state index contributed by atoms with van der Waals surface area (Å²) in [7, 11) is 4.34. The van der Waals surface area contributed by atoms with Crippen molar-refractivity contribution in [3.05, 3.63) is 46.5 Å². The van der Waals surface area contributed by atoms with E-state index in [9.17, 15) is 9.59 Å². The van der Waals surface area contributed by atoms with E-state index in [-0.39, 0.29) is 22.1 Å². The first-order chi connectivity index (χ1) is 13.9. The minimum absolute atomic E-state index is 0.0979. The summed E-state index contributed by atoms with van der Waals surface area (Å²) in [5.41, 5.74) is 3.16. The first-order valence-electron chi connectivity index (χ1n) is 8.17. The van der Waals surface area contributed by atoms with Crippen LogP contribution in [0.5, 0.6) is 23.0 Å². The molecule has 1 amide bonds. The fraction of sp³-hybridized carbons (Fsp3) is 0.211. The van der Waals surface area contributed by atoms with Crippen LogP contribution in [0.15, 0.2) is 35.4 Å². The molecule has 0 aliphatic carbocycles. The van der Waals surface area contributed by atoms with E-state index in [1.165, 1.54) is 39.7 Å². The highest BCUT2D eigenvalue weighted by Gasteiger charge is 2.14. The van der Waals surface area contributed by atoms with Crippen molar-refractivity contribution in [2.45, 2.75) is 0 Å². The lowest BCUT2D eigenvalue weighted by molar-refractivity contribution is -0.139. The zero-order valence-electron chi connectivity index (χ0n) is 15.9. The molecule has 0 radical (unpaired) electrons. The molecule has 0 aliphatic rings. The maximum absolute atomic E-state index is 12.3. The van der Waals surface area contributed by atoms with Crippen LogP contribution in [-0.4, -0.2) is 51.1 Å². The minimum atomic E-state index is -1.15. The van der Waals surface area contributed by atoms with Crippen molar-refractivity contribution in [1.29, 1.82) is 0 Å². The van der Waals surface area contributed by atoms with Gasteiger partial charge in [-0.05, 0) is 29.8 Å². The van der Waals surface area contributed by atoms with Gasteiger partial charge in [-0.3, -0.25) is 4.79 Å². The molecule has 0 saturated carbocycles. The summed E-state index contributed by atoms with van der Waals surface area (Å²) in [5, 5.41) is 12.8. The van der Waals surface area contributed by atoms with E-state index < -0.39 is 18.5 Å². The van der Waals surface area contributed by atoms with Gasteiger partial charge in [0.15, 0.2) is 18.1 Å². The number of methoxy groups -OCH3 is 3. The standard InChI is InChI=1S/C19H19ClN2O7/c1-26-12-4-5-13(15(8-12)27-2)19(25)22-21-9-11-6-14(20)18(16(7-11)28-3)29-10-17(23)24/h4-9H,10H2,1-3H3,(H,22,25)(H,23,24). The molecule has 29 heavy (non-hydrogen) atoms. The molecule has 0 fully saturated rings. The van der Waals surface area contributed by atoms with Gasteiger partial charge in [0.2, 0.25) is 0 Å². The van der Waals surface area contributed by atoms with E-state index in [0.29, 0.717) is 17.1 Å². The second kappa shape index (κ2) is 10.2. The number of aliphatic carboxylic acids is 1. The molecule has 0 heterocycles. The Morgan fingerprint density at radius 1 is 1.10 bits per heavy atom. The fourth-order valence-corrected chi connectivity index (χ4v) is 2.57. The molecule has 154 valence electrons. The number of hydrazone groups is 1. The number of hydrogen-bond acceptors (Lipinski definition) is 7. The first kappa shape index (κ1) is 21.8. The van der Waals surface area contributed by atoms with Crippen LogP contribution in [-0.2, 0) is 4.79 Å². The minimum Gasteiger partial charge on any atom is -0.497 e. The Morgan fingerprint density at radius 3 is 2.45 bits per heavy atom. The third kappa shape index (κ3) is 5.76. The Balaban J connectivity index is 2.15. The number of nitrogens with zero attached hydrogens (tertiary/aromatic N) is 1. The van der Waals surface area contributed by atoms with Gasteiger partial charge >= 0.3 is 5.97 Å². The summed E-state index contributed by atoms with van der Waals surface area (Å²) in [6, 6.07) is 7.79. The third-order valence-electron chi connectivity index (χ3n) is 3.62. The van der Waals surface area contributed by atoms with E-state index in [1.807, 2.05) is 0 Å². The highest BCUT2D eigenvalue weighted by Crippen LogP contribution is 2.36. The van der Waals surface area contributed by atoms with Gasteiger partial charge in [0.25, 0.3) is 5.91 Å². The molecule has 0 unspecified atom stereocenters. The van der Waals surface area contributed by atoms with E-state index in [2.05, 4.69) is 10.5 Å². The van der Waals surface area contributed by atoms with Gasteiger partial charge in [-0.25, -0.2) is 10.2 Å². The van der Waals surface area contributed by atoms with Gasteiger partial charge in [-0.15, -0.1) is 0 Å². The van der Waals surface area contributed by atoms with Gasteiger partial charge in [-0.2, -0.15) is 5.10 Å². The maximum Gasteiger partial charge on any atom is 0.341 e. The van der Waals surface area contributed by atoms with Crippen molar-refractivity contribution in [2.75, 3.05) is 27.9 Å². The van der Waals surface area contributed by atoms with Crippen LogP contribution < -0.4 is 24.4 Å². The molecule has 10 heteroatoms. The molecule has 0 aliphatic heterocycles. The predicted molar refractivity (Wildman–Crippen MR) is 106 cm³/mol. The second-order valence-electron chi connectivity index (χ2n) is 5.48. The molecule has 0 saturated heterocycles. The van der Waals surface area contributed by atoms with Crippen molar-refractivity contribution < 1.29 is 33.6 Å². The lowest BCUT2D eigenvalue weighted by Gasteiger charge is -2.12. The average Bonchev–Trinajstić information content (AvgIpc) is 2.71. The molecule has 2 rings (SSSR count). The summed E-state index contributed by atoms with van der Waals surface area (Å²) < 4.78 is 20.6. The van der Waals surface area contributed by atoms with Crippen LogP contribution in [0.1, 0.15) is 15.9 Å². The number of amides is 1. The predicted octanol–water partition coefficient (Wildman–Crippen LogP) is 2.59. The number of hydrogen-bond donors (Lipinski definition) is 2. The SMILES string of the molecule is COc1ccc(C(=O)NN=Cc2cc(Cl)c(OCC(=O)O)c(OC)c2)c(OC)c1. The Morgan fingerprint density at radius 2 is 1.83 bits per heavy atom. The molecule has 0 aromatic heterocycles. The first-order valence-corrected chi connectivity index (χ1v) is 8.55. The molecule has 2 aromatic rings. The van der Waals surface area contributed by atoms with Crippen molar-refractivity contribution in [1.82, 2.24) is 5.43 Å². The van der Waals surface area contributed by atoms with Gasteiger partial charge in [0.05, 0.1) is 38.1 Å². The smallest absolute Gasteiger partial charge is 0.341 e. The number of nitrogens with one attached hydrogen (secondary N) is 1. The topological polar surface area (TPSA) is 116 Å². The van der Waals surface area contributed by atoms with Crippen molar-refractivity contribution >= 4 is 29.7 Å². The Kier molecular flexibility index (Phi) is 7.67. The van der Waals surface area contributed by atoms with Crippen LogP contribution in [0, 0.1) is 0 Å². The Labute approximate surface area is 171 Å². The van der Waals surface area contributed by atoms with E-state index in [1.54, 1.807) is 18.2 Å². The number of halogens is 1. The molecular weight excluding hydrogens is 404 g/mol. The lowest BCUT2D eigenvalue weighted by Crippen LogP contribution is -2.18. The maximum atomic E-state index is 12.3.